The third-order valence-corrected chi connectivity index (χ3v) is 4.54. The number of nitrogens with one attached hydrogen (secondary N) is 1. The van der Waals surface area contributed by atoms with Crippen molar-refractivity contribution >= 4 is 58.0 Å². The molecule has 0 radical (unpaired) electrons. The monoisotopic (exact) mass is 398 g/mol. The number of carbonyl (C=O) groups is 2. The quantitative estimate of drug-likeness (QED) is 0.738. The molecule has 2 rings (SSSR count). The van der Waals surface area contributed by atoms with Crippen LogP contribution < -0.4 is 10.2 Å². The van der Waals surface area contributed by atoms with E-state index in [4.69, 9.17) is 34.8 Å². The summed E-state index contributed by atoms with van der Waals surface area (Å²) in [6.45, 7) is 3.50. The van der Waals surface area contributed by atoms with Crippen LogP contribution in [0.2, 0.25) is 15.1 Å². The lowest BCUT2D eigenvalue weighted by Gasteiger charge is -2.22. The fourth-order valence-electron chi connectivity index (χ4n) is 2.26. The van der Waals surface area contributed by atoms with Crippen LogP contribution in [0, 0.1) is 6.92 Å². The number of carbonyl (C=O) groups excluding carboxylic acids is 2. The minimum Gasteiger partial charge on any atom is -0.326 e. The summed E-state index contributed by atoms with van der Waals surface area (Å²) in [6.07, 6.45) is 0.115. The molecular formula is C18H17Cl3N2O2. The molecule has 0 spiro atoms. The third kappa shape index (κ3) is 5.36. The van der Waals surface area contributed by atoms with E-state index in [0.29, 0.717) is 26.4 Å². The first-order valence-electron chi connectivity index (χ1n) is 7.57. The van der Waals surface area contributed by atoms with E-state index in [1.54, 1.807) is 30.3 Å². The molecule has 2 amide bonds. The van der Waals surface area contributed by atoms with Crippen LogP contribution in [0.1, 0.15) is 18.9 Å². The van der Waals surface area contributed by atoms with Gasteiger partial charge in [-0.2, -0.15) is 0 Å². The zero-order valence-corrected chi connectivity index (χ0v) is 16.0. The number of amides is 2. The first-order valence-corrected chi connectivity index (χ1v) is 8.70. The highest BCUT2D eigenvalue weighted by Gasteiger charge is 2.16. The van der Waals surface area contributed by atoms with Crippen LogP contribution in [-0.2, 0) is 9.59 Å². The topological polar surface area (TPSA) is 49.4 Å². The van der Waals surface area contributed by atoms with Crippen molar-refractivity contribution in [3.05, 3.63) is 57.0 Å². The molecule has 0 aliphatic heterocycles. The van der Waals surface area contributed by atoms with Gasteiger partial charge in [-0.15, -0.1) is 0 Å². The largest absolute Gasteiger partial charge is 0.326 e. The second-order valence-electron chi connectivity index (χ2n) is 5.53. The predicted molar refractivity (Wildman–Crippen MR) is 104 cm³/mol. The summed E-state index contributed by atoms with van der Waals surface area (Å²) < 4.78 is 0. The number of hydrogen-bond acceptors (Lipinski definition) is 2. The van der Waals surface area contributed by atoms with Gasteiger partial charge in [0, 0.05) is 35.6 Å². The first kappa shape index (κ1) is 19.6. The molecule has 0 fully saturated rings. The Bertz CT molecular complexity index is 809. The highest BCUT2D eigenvalue weighted by Crippen LogP contribution is 2.29. The summed E-state index contributed by atoms with van der Waals surface area (Å²) in [6, 6.07) is 10.2. The van der Waals surface area contributed by atoms with Crippen LogP contribution in [0.5, 0.6) is 0 Å². The molecule has 1 N–H and O–H groups in total. The highest BCUT2D eigenvalue weighted by atomic mass is 35.5. The molecule has 0 aliphatic carbocycles. The van der Waals surface area contributed by atoms with Crippen molar-refractivity contribution in [2.45, 2.75) is 20.3 Å². The molecule has 0 aliphatic rings. The van der Waals surface area contributed by atoms with E-state index >= 15 is 0 Å². The van der Waals surface area contributed by atoms with Crippen LogP contribution in [0.25, 0.3) is 0 Å². The summed E-state index contributed by atoms with van der Waals surface area (Å²) >= 11 is 18.1. The van der Waals surface area contributed by atoms with Gasteiger partial charge in [-0.1, -0.05) is 40.9 Å². The van der Waals surface area contributed by atoms with Gasteiger partial charge in [0.2, 0.25) is 11.8 Å². The van der Waals surface area contributed by atoms with Crippen LogP contribution in [0.3, 0.4) is 0 Å². The Morgan fingerprint density at radius 2 is 1.76 bits per heavy atom. The Morgan fingerprint density at radius 3 is 2.36 bits per heavy atom. The molecule has 25 heavy (non-hydrogen) atoms. The zero-order valence-electron chi connectivity index (χ0n) is 13.8. The SMILES string of the molecule is CC(=O)N(CCC(=O)Nc1ccc(C)c(Cl)c1)c1ccc(Cl)cc1Cl. The average Bonchev–Trinajstić information content (AvgIpc) is 2.52. The number of rotatable bonds is 5. The number of benzene rings is 2. The molecular weight excluding hydrogens is 383 g/mol. The fraction of sp³-hybridized carbons (Fsp3) is 0.222. The second-order valence-corrected chi connectivity index (χ2v) is 6.78. The van der Waals surface area contributed by atoms with Crippen molar-refractivity contribution in [1.29, 1.82) is 0 Å². The van der Waals surface area contributed by atoms with Crippen molar-refractivity contribution in [2.75, 3.05) is 16.8 Å². The van der Waals surface area contributed by atoms with Crippen LogP contribution in [-0.4, -0.2) is 18.4 Å². The molecule has 0 saturated carbocycles. The van der Waals surface area contributed by atoms with Gasteiger partial charge in [0.05, 0.1) is 10.7 Å². The Labute approximate surface area is 161 Å². The summed E-state index contributed by atoms with van der Waals surface area (Å²) in [4.78, 5) is 25.5. The maximum absolute atomic E-state index is 12.2. The van der Waals surface area contributed by atoms with Crippen molar-refractivity contribution in [3.8, 4) is 0 Å². The van der Waals surface area contributed by atoms with Gasteiger partial charge in [0.1, 0.15) is 0 Å². The van der Waals surface area contributed by atoms with Gasteiger partial charge in [-0.05, 0) is 42.8 Å². The van der Waals surface area contributed by atoms with Crippen LogP contribution in [0.15, 0.2) is 36.4 Å². The van der Waals surface area contributed by atoms with Gasteiger partial charge in [0.15, 0.2) is 0 Å². The van der Waals surface area contributed by atoms with Crippen molar-refractivity contribution in [1.82, 2.24) is 0 Å². The Hall–Kier alpha value is -1.75. The Balaban J connectivity index is 2.04. The lowest BCUT2D eigenvalue weighted by molar-refractivity contribution is -0.117. The minimum absolute atomic E-state index is 0.115. The average molecular weight is 400 g/mol. The molecule has 0 saturated heterocycles. The van der Waals surface area contributed by atoms with Crippen molar-refractivity contribution in [3.63, 3.8) is 0 Å². The van der Waals surface area contributed by atoms with Gasteiger partial charge < -0.3 is 10.2 Å². The van der Waals surface area contributed by atoms with E-state index in [-0.39, 0.29) is 24.8 Å². The second kappa shape index (κ2) is 8.56. The molecule has 0 unspecified atom stereocenters. The number of halogens is 3. The Kier molecular flexibility index (Phi) is 6.71. The van der Waals surface area contributed by atoms with Crippen molar-refractivity contribution in [2.24, 2.45) is 0 Å². The first-order chi connectivity index (χ1) is 11.8. The Morgan fingerprint density at radius 1 is 1.04 bits per heavy atom. The number of aryl methyl sites for hydroxylation is 1. The van der Waals surface area contributed by atoms with E-state index in [1.807, 2.05) is 13.0 Å². The summed E-state index contributed by atoms with van der Waals surface area (Å²) in [5, 5.41) is 4.18. The number of nitrogens with zero attached hydrogens (tertiary/aromatic N) is 1. The van der Waals surface area contributed by atoms with Crippen LogP contribution >= 0.6 is 34.8 Å². The molecule has 7 heteroatoms. The summed E-state index contributed by atoms with van der Waals surface area (Å²) in [7, 11) is 0. The number of anilines is 2. The molecule has 0 aromatic heterocycles. The highest BCUT2D eigenvalue weighted by molar-refractivity contribution is 6.36. The maximum Gasteiger partial charge on any atom is 0.226 e. The van der Waals surface area contributed by atoms with Gasteiger partial charge in [-0.3, -0.25) is 9.59 Å². The van der Waals surface area contributed by atoms with Gasteiger partial charge in [-0.25, -0.2) is 0 Å². The lowest BCUT2D eigenvalue weighted by Crippen LogP contribution is -2.32. The third-order valence-electron chi connectivity index (χ3n) is 3.60. The maximum atomic E-state index is 12.2. The standard InChI is InChI=1S/C18H17Cl3N2O2/c1-11-3-5-14(10-15(11)20)22-18(25)7-8-23(12(2)24)17-6-4-13(19)9-16(17)21/h3-6,9-10H,7-8H2,1-2H3,(H,22,25). The number of hydrogen-bond donors (Lipinski definition) is 1. The van der Waals surface area contributed by atoms with Crippen molar-refractivity contribution < 1.29 is 9.59 Å². The van der Waals surface area contributed by atoms with Gasteiger partial charge >= 0.3 is 0 Å². The molecule has 2 aromatic carbocycles. The molecule has 4 nitrogen and oxygen atoms in total. The normalized spacial score (nSPS) is 10.4. The van der Waals surface area contributed by atoms with E-state index in [0.717, 1.165) is 5.56 Å². The molecule has 0 bridgehead atoms. The van der Waals surface area contributed by atoms with E-state index in [2.05, 4.69) is 5.32 Å². The van der Waals surface area contributed by atoms with Crippen LogP contribution in [0.4, 0.5) is 11.4 Å². The zero-order chi connectivity index (χ0) is 18.6. The molecule has 0 heterocycles. The summed E-state index contributed by atoms with van der Waals surface area (Å²) in [5.41, 5.74) is 2.06. The van der Waals surface area contributed by atoms with E-state index < -0.39 is 0 Å². The summed E-state index contributed by atoms with van der Waals surface area (Å²) in [5.74, 6) is -0.438. The fourth-order valence-corrected chi connectivity index (χ4v) is 2.95. The smallest absolute Gasteiger partial charge is 0.226 e. The lowest BCUT2D eigenvalue weighted by atomic mass is 10.2. The molecule has 0 atom stereocenters. The van der Waals surface area contributed by atoms with Gasteiger partial charge in [0.25, 0.3) is 0 Å². The predicted octanol–water partition coefficient (Wildman–Crippen LogP) is 5.34. The molecule has 2 aromatic rings. The minimum atomic E-state index is -0.226. The van der Waals surface area contributed by atoms with E-state index in [9.17, 15) is 9.59 Å². The van der Waals surface area contributed by atoms with E-state index in [1.165, 1.54) is 11.8 Å². The molecule has 132 valence electrons.